The summed E-state index contributed by atoms with van der Waals surface area (Å²) < 4.78 is 39.1. The molecule has 1 fully saturated rings. The molecule has 1 N–H and O–H groups in total. The number of hydrogen-bond donors (Lipinski definition) is 1. The molecule has 1 aromatic heterocycles. The zero-order chi connectivity index (χ0) is 20.9. The van der Waals surface area contributed by atoms with Gasteiger partial charge in [-0.15, -0.1) is 0 Å². The van der Waals surface area contributed by atoms with Crippen LogP contribution in [0.3, 0.4) is 0 Å². The van der Waals surface area contributed by atoms with Crippen molar-refractivity contribution >= 4 is 11.7 Å². The fourth-order valence-electron chi connectivity index (χ4n) is 3.26. The molecule has 3 rings (SSSR count). The van der Waals surface area contributed by atoms with Gasteiger partial charge in [0.25, 0.3) is 0 Å². The van der Waals surface area contributed by atoms with Gasteiger partial charge in [-0.1, -0.05) is 18.2 Å². The van der Waals surface area contributed by atoms with E-state index in [9.17, 15) is 18.0 Å². The molecule has 1 aromatic carbocycles. The number of nitriles is 1. The van der Waals surface area contributed by atoms with E-state index in [0.29, 0.717) is 36.5 Å². The van der Waals surface area contributed by atoms with Gasteiger partial charge in [0.15, 0.2) is 0 Å². The molecule has 0 spiro atoms. The van der Waals surface area contributed by atoms with Gasteiger partial charge in [0.05, 0.1) is 11.6 Å². The lowest BCUT2D eigenvalue weighted by atomic mass is 10.1. The Hall–Kier alpha value is -3.08. The molecule has 0 atom stereocenters. The number of benzene rings is 1. The second kappa shape index (κ2) is 8.95. The monoisotopic (exact) mass is 402 g/mol. The minimum Gasteiger partial charge on any atom is -0.356 e. The number of rotatable bonds is 6. The molecule has 2 aromatic rings. The predicted octanol–water partition coefficient (Wildman–Crippen LogP) is 3.82. The topological polar surface area (TPSA) is 69.0 Å². The summed E-state index contributed by atoms with van der Waals surface area (Å²) in [7, 11) is 0. The minimum atomic E-state index is -4.50. The summed E-state index contributed by atoms with van der Waals surface area (Å²) in [6.07, 6.45) is -1.92. The van der Waals surface area contributed by atoms with E-state index in [1.165, 1.54) is 6.07 Å². The first-order chi connectivity index (χ1) is 13.9. The highest BCUT2D eigenvalue weighted by Gasteiger charge is 2.34. The van der Waals surface area contributed by atoms with Crippen LogP contribution in [0.25, 0.3) is 0 Å². The molecular formula is C21H21F3N4O. The summed E-state index contributed by atoms with van der Waals surface area (Å²) in [6.45, 7) is 1.45. The Morgan fingerprint density at radius 2 is 1.83 bits per heavy atom. The van der Waals surface area contributed by atoms with Crippen LogP contribution in [0.2, 0.25) is 0 Å². The van der Waals surface area contributed by atoms with Crippen LogP contribution in [0.1, 0.15) is 41.6 Å². The molecule has 0 radical (unpaired) electrons. The summed E-state index contributed by atoms with van der Waals surface area (Å²) in [6, 6.07) is 11.4. The number of carbonyl (C=O) groups is 1. The van der Waals surface area contributed by atoms with Gasteiger partial charge in [-0.3, -0.25) is 4.79 Å². The van der Waals surface area contributed by atoms with Crippen LogP contribution in [0.5, 0.6) is 0 Å². The molecular weight excluding hydrogens is 381 g/mol. The Morgan fingerprint density at radius 3 is 2.45 bits per heavy atom. The number of aromatic nitrogens is 1. The van der Waals surface area contributed by atoms with E-state index in [0.717, 1.165) is 24.5 Å². The Morgan fingerprint density at radius 1 is 1.14 bits per heavy atom. The van der Waals surface area contributed by atoms with Gasteiger partial charge in [0.2, 0.25) is 5.91 Å². The molecule has 1 amide bonds. The number of pyridine rings is 1. The normalized spacial score (nSPS) is 13.9. The zero-order valence-corrected chi connectivity index (χ0v) is 15.8. The Balaban J connectivity index is 1.62. The second-order valence-electron chi connectivity index (χ2n) is 6.96. The summed E-state index contributed by atoms with van der Waals surface area (Å²) in [5, 5.41) is 11.6. The molecule has 1 aliphatic rings. The van der Waals surface area contributed by atoms with Crippen molar-refractivity contribution in [3.8, 4) is 6.07 Å². The first-order valence-corrected chi connectivity index (χ1v) is 9.44. The van der Waals surface area contributed by atoms with Crippen LogP contribution in [-0.2, 0) is 23.9 Å². The number of amides is 1. The maximum atomic E-state index is 13.0. The number of nitrogens with zero attached hydrogens (tertiary/aromatic N) is 3. The highest BCUT2D eigenvalue weighted by Crippen LogP contribution is 2.31. The van der Waals surface area contributed by atoms with Crippen molar-refractivity contribution < 1.29 is 18.0 Å². The van der Waals surface area contributed by atoms with Crippen molar-refractivity contribution in [2.75, 3.05) is 18.0 Å². The maximum absolute atomic E-state index is 13.0. The van der Waals surface area contributed by atoms with E-state index in [2.05, 4.69) is 10.3 Å². The second-order valence-corrected chi connectivity index (χ2v) is 6.96. The Kier molecular flexibility index (Phi) is 6.37. The third kappa shape index (κ3) is 5.47. The van der Waals surface area contributed by atoms with Crippen molar-refractivity contribution in [3.05, 3.63) is 58.8 Å². The van der Waals surface area contributed by atoms with Crippen molar-refractivity contribution in [1.29, 1.82) is 5.26 Å². The Bertz CT molecular complexity index is 898. The van der Waals surface area contributed by atoms with Crippen LogP contribution in [0.15, 0.2) is 36.4 Å². The van der Waals surface area contributed by atoms with Crippen molar-refractivity contribution in [2.24, 2.45) is 0 Å². The third-order valence-corrected chi connectivity index (χ3v) is 4.85. The molecule has 29 heavy (non-hydrogen) atoms. The zero-order valence-electron chi connectivity index (χ0n) is 15.8. The van der Waals surface area contributed by atoms with Gasteiger partial charge in [0, 0.05) is 31.6 Å². The summed E-state index contributed by atoms with van der Waals surface area (Å²) in [5.41, 5.74) is 1.15. The number of halogens is 3. The fraction of sp³-hybridized carbons (Fsp3) is 0.381. The first kappa shape index (κ1) is 20.6. The number of hydrogen-bond acceptors (Lipinski definition) is 4. The predicted molar refractivity (Wildman–Crippen MR) is 102 cm³/mol. The number of nitrogens with one attached hydrogen (secondary N) is 1. The van der Waals surface area contributed by atoms with Gasteiger partial charge in [-0.2, -0.15) is 18.4 Å². The third-order valence-electron chi connectivity index (χ3n) is 4.85. The summed E-state index contributed by atoms with van der Waals surface area (Å²) in [4.78, 5) is 17.9. The standard InChI is InChI=1S/C21H21F3N4O/c22-21(23,24)18-9-8-17(20(27-18)28-11-1-2-12-28)14-26-19(29)10-7-15-3-5-16(13-25)6-4-15/h3-6,8-9H,1-2,7,10-12,14H2,(H,26,29). The molecule has 1 aliphatic heterocycles. The van der Waals surface area contributed by atoms with Crippen LogP contribution in [-0.4, -0.2) is 24.0 Å². The average Bonchev–Trinajstić information content (AvgIpc) is 3.25. The fourth-order valence-corrected chi connectivity index (χ4v) is 3.26. The van der Waals surface area contributed by atoms with Gasteiger partial charge < -0.3 is 10.2 Å². The van der Waals surface area contributed by atoms with Crippen LogP contribution < -0.4 is 10.2 Å². The largest absolute Gasteiger partial charge is 0.433 e. The summed E-state index contributed by atoms with van der Waals surface area (Å²) in [5.74, 6) is 0.103. The van der Waals surface area contributed by atoms with Crippen molar-refractivity contribution in [3.63, 3.8) is 0 Å². The van der Waals surface area contributed by atoms with E-state index in [1.54, 1.807) is 24.3 Å². The van der Waals surface area contributed by atoms with Crippen LogP contribution in [0, 0.1) is 11.3 Å². The number of aryl methyl sites for hydroxylation is 1. The average molecular weight is 402 g/mol. The van der Waals surface area contributed by atoms with Gasteiger partial charge in [-0.05, 0) is 43.0 Å². The number of alkyl halides is 3. The molecule has 0 bridgehead atoms. The van der Waals surface area contributed by atoms with Gasteiger partial charge >= 0.3 is 6.18 Å². The van der Waals surface area contributed by atoms with E-state index >= 15 is 0 Å². The smallest absolute Gasteiger partial charge is 0.356 e. The van der Waals surface area contributed by atoms with Crippen molar-refractivity contribution in [1.82, 2.24) is 10.3 Å². The molecule has 1 saturated heterocycles. The maximum Gasteiger partial charge on any atom is 0.433 e. The summed E-state index contributed by atoms with van der Waals surface area (Å²) >= 11 is 0. The van der Waals surface area contributed by atoms with Crippen LogP contribution in [0.4, 0.5) is 19.0 Å². The quantitative estimate of drug-likeness (QED) is 0.798. The lowest BCUT2D eigenvalue weighted by Gasteiger charge is -2.21. The van der Waals surface area contributed by atoms with E-state index in [4.69, 9.17) is 5.26 Å². The molecule has 0 aliphatic carbocycles. The number of anilines is 1. The molecule has 2 heterocycles. The van der Waals surface area contributed by atoms with E-state index in [-0.39, 0.29) is 18.9 Å². The highest BCUT2D eigenvalue weighted by atomic mass is 19.4. The first-order valence-electron chi connectivity index (χ1n) is 9.44. The molecule has 0 saturated carbocycles. The van der Waals surface area contributed by atoms with Crippen LogP contribution >= 0.6 is 0 Å². The SMILES string of the molecule is N#Cc1ccc(CCC(=O)NCc2ccc(C(F)(F)F)nc2N2CCCC2)cc1. The lowest BCUT2D eigenvalue weighted by Crippen LogP contribution is -2.27. The minimum absolute atomic E-state index is 0.128. The molecule has 5 nitrogen and oxygen atoms in total. The van der Waals surface area contributed by atoms with Crippen molar-refractivity contribution in [2.45, 2.75) is 38.4 Å². The Labute approximate surface area is 167 Å². The molecule has 152 valence electrons. The number of carbonyl (C=O) groups excluding carboxylic acids is 1. The molecule has 8 heteroatoms. The van der Waals surface area contributed by atoms with Gasteiger partial charge in [0.1, 0.15) is 11.5 Å². The highest BCUT2D eigenvalue weighted by molar-refractivity contribution is 5.76. The lowest BCUT2D eigenvalue weighted by molar-refractivity contribution is -0.141. The van der Waals surface area contributed by atoms with E-state index < -0.39 is 11.9 Å². The van der Waals surface area contributed by atoms with E-state index in [1.807, 2.05) is 11.0 Å². The van der Waals surface area contributed by atoms with Gasteiger partial charge in [-0.25, -0.2) is 4.98 Å². The molecule has 0 unspecified atom stereocenters.